The Kier molecular flexibility index (Phi) is 7.16. The molecule has 4 rings (SSSR count). The first kappa shape index (κ1) is 26.7. The predicted octanol–water partition coefficient (Wildman–Crippen LogP) is 6.47. The highest BCUT2D eigenvalue weighted by Gasteiger charge is 2.63. The normalized spacial score (nSPS) is 11.9. The molecule has 2 N–H and O–H groups in total. The van der Waals surface area contributed by atoms with Crippen molar-refractivity contribution in [2.24, 2.45) is 0 Å². The largest absolute Gasteiger partial charge is 0.463 e. The minimum atomic E-state index is -6.03. The molecule has 7 nitrogen and oxygen atoms in total. The van der Waals surface area contributed by atoms with Crippen molar-refractivity contribution in [3.63, 3.8) is 0 Å². The number of nitrogens with one attached hydrogen (secondary N) is 2. The van der Waals surface area contributed by atoms with Gasteiger partial charge in [-0.1, -0.05) is 41.6 Å². The fourth-order valence-corrected chi connectivity index (χ4v) is 3.78. The van der Waals surface area contributed by atoms with Crippen LogP contribution in [0.5, 0.6) is 0 Å². The van der Waals surface area contributed by atoms with E-state index >= 15 is 0 Å². The topological polar surface area (TPSA) is 92.9 Å². The number of carbonyl (C=O) groups is 1. The Balaban J connectivity index is 1.54. The number of rotatable bonds is 7. The first-order valence-corrected chi connectivity index (χ1v) is 11.3. The molecule has 0 saturated heterocycles. The first-order valence-electron chi connectivity index (χ1n) is 11.3. The number of anilines is 2. The summed E-state index contributed by atoms with van der Waals surface area (Å²) in [5.41, 5.74) is 4.31. The lowest BCUT2D eigenvalue weighted by molar-refractivity contribution is -0.267. The predicted molar refractivity (Wildman–Crippen MR) is 131 cm³/mol. The van der Waals surface area contributed by atoms with E-state index in [1.165, 1.54) is 19.2 Å². The fraction of sp³-hybridized carbons (Fsp3) is 0.231. The van der Waals surface area contributed by atoms with Gasteiger partial charge >= 0.3 is 18.0 Å². The van der Waals surface area contributed by atoms with Crippen molar-refractivity contribution in [2.45, 2.75) is 39.4 Å². The van der Waals surface area contributed by atoms with Crippen LogP contribution < -0.4 is 10.6 Å². The molecule has 0 aliphatic heterocycles. The zero-order chi connectivity index (χ0) is 27.7. The number of aryl methyl sites for hydroxylation is 3. The lowest BCUT2D eigenvalue weighted by Gasteiger charge is -2.20. The molecule has 0 spiro atoms. The van der Waals surface area contributed by atoms with Crippen LogP contribution in [0.15, 0.2) is 59.3 Å². The number of halogens is 5. The smallest absolute Gasteiger partial charge is 0.364 e. The molecular formula is C26H22F5N5O2. The third-order valence-electron chi connectivity index (χ3n) is 5.77. The minimum absolute atomic E-state index is 0.0478. The molecule has 2 heterocycles. The Morgan fingerprint density at radius 2 is 1.66 bits per heavy atom. The van der Waals surface area contributed by atoms with Crippen LogP contribution in [0.25, 0.3) is 22.6 Å². The van der Waals surface area contributed by atoms with Gasteiger partial charge in [-0.05, 0) is 60.7 Å². The van der Waals surface area contributed by atoms with Crippen LogP contribution in [0.2, 0.25) is 0 Å². The van der Waals surface area contributed by atoms with Crippen molar-refractivity contribution in [1.29, 1.82) is 0 Å². The van der Waals surface area contributed by atoms with Crippen molar-refractivity contribution in [3.8, 4) is 22.6 Å². The molecule has 0 fully saturated rings. The standard InChI is InChI=1S/C26H22F5N5O2/c1-14-5-4-6-19(23-34-16(3)36-38-23)20(14)18-9-7-17(8-10-18)13-33-22-21(15(2)11-12-32-22)35-24(37)25(27,28)26(29,30)31/h4-12H,13H2,1-3H3,(H,32,33)(H,35,37). The van der Waals surface area contributed by atoms with E-state index in [2.05, 4.69) is 20.4 Å². The molecule has 0 radical (unpaired) electrons. The van der Waals surface area contributed by atoms with E-state index in [4.69, 9.17) is 4.52 Å². The summed E-state index contributed by atoms with van der Waals surface area (Å²) < 4.78 is 70.1. The van der Waals surface area contributed by atoms with Gasteiger partial charge in [-0.2, -0.15) is 26.9 Å². The lowest BCUT2D eigenvalue weighted by Crippen LogP contribution is -2.47. The van der Waals surface area contributed by atoms with E-state index in [0.29, 0.717) is 11.7 Å². The van der Waals surface area contributed by atoms with E-state index < -0.39 is 18.0 Å². The molecule has 0 unspecified atom stereocenters. The second kappa shape index (κ2) is 10.2. The van der Waals surface area contributed by atoms with Crippen LogP contribution in [0.1, 0.15) is 22.5 Å². The summed E-state index contributed by atoms with van der Waals surface area (Å²) in [5.74, 6) is -7.19. The highest BCUT2D eigenvalue weighted by Crippen LogP contribution is 2.37. The molecule has 0 aliphatic carbocycles. The number of alkyl halides is 5. The number of aromatic nitrogens is 3. The Morgan fingerprint density at radius 3 is 2.29 bits per heavy atom. The lowest BCUT2D eigenvalue weighted by atomic mass is 9.94. The van der Waals surface area contributed by atoms with Gasteiger partial charge in [-0.15, -0.1) is 0 Å². The molecule has 2 aromatic carbocycles. The van der Waals surface area contributed by atoms with Crippen LogP contribution >= 0.6 is 0 Å². The molecular weight excluding hydrogens is 509 g/mol. The van der Waals surface area contributed by atoms with Crippen LogP contribution in [0.4, 0.5) is 33.5 Å². The number of hydrogen-bond acceptors (Lipinski definition) is 6. The minimum Gasteiger partial charge on any atom is -0.364 e. The molecule has 0 saturated carbocycles. The second-order valence-electron chi connectivity index (χ2n) is 8.57. The van der Waals surface area contributed by atoms with E-state index in [-0.39, 0.29) is 23.6 Å². The molecule has 0 bridgehead atoms. The average molecular weight is 531 g/mol. The van der Waals surface area contributed by atoms with Crippen LogP contribution in [-0.4, -0.2) is 33.1 Å². The van der Waals surface area contributed by atoms with E-state index in [9.17, 15) is 26.7 Å². The molecule has 38 heavy (non-hydrogen) atoms. The van der Waals surface area contributed by atoms with Crippen LogP contribution in [0, 0.1) is 20.8 Å². The summed E-state index contributed by atoms with van der Waals surface area (Å²) in [4.78, 5) is 20.1. The fourth-order valence-electron chi connectivity index (χ4n) is 3.78. The maximum Gasteiger partial charge on any atom is 0.463 e. The average Bonchev–Trinajstić information content (AvgIpc) is 3.30. The second-order valence-corrected chi connectivity index (χ2v) is 8.57. The Bertz CT molecular complexity index is 1470. The molecule has 12 heteroatoms. The number of benzene rings is 2. The summed E-state index contributed by atoms with van der Waals surface area (Å²) in [6.45, 7) is 5.29. The molecule has 0 aliphatic rings. The molecule has 2 aromatic heterocycles. The molecule has 0 atom stereocenters. The molecule has 1 amide bonds. The van der Waals surface area contributed by atoms with Crippen molar-refractivity contribution < 1.29 is 31.3 Å². The highest BCUT2D eigenvalue weighted by atomic mass is 19.4. The zero-order valence-electron chi connectivity index (χ0n) is 20.5. The summed E-state index contributed by atoms with van der Waals surface area (Å²) in [6, 6.07) is 14.5. The summed E-state index contributed by atoms with van der Waals surface area (Å²) >= 11 is 0. The highest BCUT2D eigenvalue weighted by molar-refractivity contribution is 5.99. The van der Waals surface area contributed by atoms with Gasteiger partial charge in [0.1, 0.15) is 5.82 Å². The Labute approximate surface area is 214 Å². The number of carbonyl (C=O) groups excluding carboxylic acids is 1. The SMILES string of the molecule is Cc1noc(-c2cccc(C)c2-c2ccc(CNc3nccc(C)c3NC(=O)C(F)(F)C(F)(F)F)cc2)n1. The van der Waals surface area contributed by atoms with E-state index in [1.54, 1.807) is 12.2 Å². The monoisotopic (exact) mass is 531 g/mol. The Hall–Kier alpha value is -4.35. The quantitative estimate of drug-likeness (QED) is 0.266. The summed E-state index contributed by atoms with van der Waals surface area (Å²) in [5, 5.41) is 8.42. The first-order chi connectivity index (χ1) is 17.9. The number of pyridine rings is 1. The third kappa shape index (κ3) is 5.34. The van der Waals surface area contributed by atoms with Crippen molar-refractivity contribution in [1.82, 2.24) is 15.1 Å². The van der Waals surface area contributed by atoms with E-state index in [0.717, 1.165) is 27.8 Å². The maximum atomic E-state index is 13.5. The van der Waals surface area contributed by atoms with E-state index in [1.807, 2.05) is 49.4 Å². The van der Waals surface area contributed by atoms with Crippen LogP contribution in [0.3, 0.4) is 0 Å². The van der Waals surface area contributed by atoms with Gasteiger partial charge < -0.3 is 15.2 Å². The van der Waals surface area contributed by atoms with Gasteiger partial charge in [0.25, 0.3) is 5.89 Å². The maximum absolute atomic E-state index is 13.5. The Morgan fingerprint density at radius 1 is 0.947 bits per heavy atom. The van der Waals surface area contributed by atoms with Gasteiger partial charge in [0.15, 0.2) is 5.82 Å². The van der Waals surface area contributed by atoms with Crippen LogP contribution in [-0.2, 0) is 11.3 Å². The number of hydrogen-bond donors (Lipinski definition) is 2. The van der Waals surface area contributed by atoms with Gasteiger partial charge in [0.05, 0.1) is 5.69 Å². The van der Waals surface area contributed by atoms with Gasteiger partial charge in [0.2, 0.25) is 0 Å². The van der Waals surface area contributed by atoms with Gasteiger partial charge in [-0.25, -0.2) is 4.98 Å². The third-order valence-corrected chi connectivity index (χ3v) is 5.77. The van der Waals surface area contributed by atoms with Gasteiger partial charge in [0, 0.05) is 18.3 Å². The van der Waals surface area contributed by atoms with Crippen molar-refractivity contribution in [2.75, 3.05) is 10.6 Å². The zero-order valence-corrected chi connectivity index (χ0v) is 20.5. The van der Waals surface area contributed by atoms with Crippen molar-refractivity contribution >= 4 is 17.4 Å². The summed E-state index contributed by atoms with van der Waals surface area (Å²) in [7, 11) is 0. The number of amides is 1. The van der Waals surface area contributed by atoms with Gasteiger partial charge in [-0.3, -0.25) is 4.79 Å². The molecule has 4 aromatic rings. The summed E-state index contributed by atoms with van der Waals surface area (Å²) in [6.07, 6.45) is -4.68. The number of nitrogens with zero attached hydrogens (tertiary/aromatic N) is 3. The molecule has 198 valence electrons. The van der Waals surface area contributed by atoms with Crippen molar-refractivity contribution in [3.05, 3.63) is 77.2 Å².